The fourth-order valence-corrected chi connectivity index (χ4v) is 3.11. The van der Waals surface area contributed by atoms with Gasteiger partial charge in [0, 0.05) is 13.6 Å². The van der Waals surface area contributed by atoms with Crippen LogP contribution >= 0.6 is 0 Å². The molecule has 120 valence electrons. The van der Waals surface area contributed by atoms with Crippen molar-refractivity contribution in [2.24, 2.45) is 0 Å². The first-order chi connectivity index (χ1) is 11.1. The molecule has 0 amide bonds. The van der Waals surface area contributed by atoms with Crippen molar-refractivity contribution < 1.29 is 8.42 Å². The fraction of sp³-hybridized carbons (Fsp3) is 0.200. The predicted octanol–water partition coefficient (Wildman–Crippen LogP) is 1.20. The number of aromatic nitrogens is 3. The van der Waals surface area contributed by atoms with E-state index in [1.165, 1.54) is 10.6 Å². The second-order valence-corrected chi connectivity index (χ2v) is 6.98. The van der Waals surface area contributed by atoms with Crippen LogP contribution in [0.5, 0.6) is 0 Å². The minimum atomic E-state index is -3.59. The van der Waals surface area contributed by atoms with E-state index in [2.05, 4.69) is 14.8 Å². The van der Waals surface area contributed by atoms with Crippen molar-refractivity contribution in [3.8, 4) is 0 Å². The van der Waals surface area contributed by atoms with Gasteiger partial charge in [0.1, 0.15) is 6.33 Å². The van der Waals surface area contributed by atoms with Crippen LogP contribution in [0.25, 0.3) is 5.65 Å². The van der Waals surface area contributed by atoms with Gasteiger partial charge in [-0.1, -0.05) is 36.4 Å². The molecule has 23 heavy (non-hydrogen) atoms. The van der Waals surface area contributed by atoms with Crippen LogP contribution in [0, 0.1) is 0 Å². The summed E-state index contributed by atoms with van der Waals surface area (Å²) in [5, 5.41) is 4.09. The molecule has 0 aliphatic rings. The van der Waals surface area contributed by atoms with E-state index in [9.17, 15) is 8.42 Å². The maximum absolute atomic E-state index is 12.4. The molecule has 0 radical (unpaired) electrons. The Bertz CT molecular complexity index is 892. The lowest BCUT2D eigenvalue weighted by atomic mass is 10.2. The zero-order valence-corrected chi connectivity index (χ0v) is 13.4. The molecule has 3 aromatic rings. The van der Waals surface area contributed by atoms with Crippen molar-refractivity contribution in [1.29, 1.82) is 0 Å². The van der Waals surface area contributed by atoms with Crippen LogP contribution in [0.3, 0.4) is 0 Å². The number of fused-ring (bicyclic) bond motifs is 1. The Morgan fingerprint density at radius 2 is 1.91 bits per heavy atom. The Morgan fingerprint density at radius 1 is 1.13 bits per heavy atom. The van der Waals surface area contributed by atoms with Gasteiger partial charge < -0.3 is 0 Å². The first-order valence-corrected chi connectivity index (χ1v) is 8.53. The van der Waals surface area contributed by atoms with Crippen molar-refractivity contribution in [2.75, 3.05) is 7.05 Å². The molecule has 7 nitrogen and oxygen atoms in total. The van der Waals surface area contributed by atoms with Crippen LogP contribution in [0.2, 0.25) is 0 Å². The molecule has 0 bridgehead atoms. The van der Waals surface area contributed by atoms with Crippen molar-refractivity contribution in [3.05, 3.63) is 66.1 Å². The van der Waals surface area contributed by atoms with Crippen LogP contribution < -0.4 is 4.72 Å². The van der Waals surface area contributed by atoms with E-state index in [4.69, 9.17) is 0 Å². The van der Waals surface area contributed by atoms with E-state index in [-0.39, 0.29) is 6.54 Å². The summed E-state index contributed by atoms with van der Waals surface area (Å²) in [6.45, 7) is 0.450. The monoisotopic (exact) mass is 331 g/mol. The number of nitrogens with one attached hydrogen (secondary N) is 1. The SMILES string of the molecule is CN(Cc1ccccc1)S(=O)(=O)NCc1cccc2ncnn12. The van der Waals surface area contributed by atoms with Crippen molar-refractivity contribution in [3.63, 3.8) is 0 Å². The fourth-order valence-electron chi connectivity index (χ4n) is 2.24. The predicted molar refractivity (Wildman–Crippen MR) is 86.7 cm³/mol. The average Bonchev–Trinajstić information content (AvgIpc) is 3.03. The molecule has 8 heteroatoms. The number of pyridine rings is 1. The second-order valence-electron chi connectivity index (χ2n) is 5.11. The summed E-state index contributed by atoms with van der Waals surface area (Å²) >= 11 is 0. The third-order valence-electron chi connectivity index (χ3n) is 3.47. The Hall–Kier alpha value is -2.29. The van der Waals surface area contributed by atoms with E-state index in [1.54, 1.807) is 17.6 Å². The van der Waals surface area contributed by atoms with Gasteiger partial charge in [0.15, 0.2) is 5.65 Å². The first-order valence-electron chi connectivity index (χ1n) is 7.09. The molecule has 0 aliphatic carbocycles. The van der Waals surface area contributed by atoms with Gasteiger partial charge >= 0.3 is 0 Å². The molecule has 0 saturated carbocycles. The molecule has 2 aromatic heterocycles. The summed E-state index contributed by atoms with van der Waals surface area (Å²) in [5.41, 5.74) is 2.33. The molecule has 0 saturated heterocycles. The Morgan fingerprint density at radius 3 is 2.70 bits per heavy atom. The molecule has 1 N–H and O–H groups in total. The van der Waals surface area contributed by atoms with Gasteiger partial charge in [-0.2, -0.15) is 22.5 Å². The van der Waals surface area contributed by atoms with E-state index in [1.807, 2.05) is 42.5 Å². The number of rotatable bonds is 6. The highest BCUT2D eigenvalue weighted by molar-refractivity contribution is 7.87. The Balaban J connectivity index is 1.70. The summed E-state index contributed by atoms with van der Waals surface area (Å²) in [5.74, 6) is 0. The molecule has 1 aromatic carbocycles. The highest BCUT2D eigenvalue weighted by Crippen LogP contribution is 2.08. The Labute approximate surface area is 134 Å². The summed E-state index contributed by atoms with van der Waals surface area (Å²) in [7, 11) is -2.04. The topological polar surface area (TPSA) is 79.6 Å². The molecule has 0 atom stereocenters. The largest absolute Gasteiger partial charge is 0.279 e. The molecule has 3 rings (SSSR count). The third kappa shape index (κ3) is 3.55. The lowest BCUT2D eigenvalue weighted by Gasteiger charge is -2.18. The molecule has 0 unspecified atom stereocenters. The Kier molecular flexibility index (Phi) is 4.37. The smallest absolute Gasteiger partial charge is 0.217 e. The van der Waals surface area contributed by atoms with E-state index in [0.717, 1.165) is 11.3 Å². The number of hydrogen-bond donors (Lipinski definition) is 1. The van der Waals surface area contributed by atoms with Crippen molar-refractivity contribution >= 4 is 15.9 Å². The highest BCUT2D eigenvalue weighted by atomic mass is 32.2. The number of benzene rings is 1. The van der Waals surface area contributed by atoms with E-state index >= 15 is 0 Å². The standard InChI is InChI=1S/C15H17N5O2S/c1-19(11-13-6-3-2-4-7-13)23(21,22)18-10-14-8-5-9-15-16-12-17-20(14)15/h2-9,12,18H,10-11H2,1H3. The number of nitrogens with zero attached hydrogens (tertiary/aromatic N) is 4. The summed E-state index contributed by atoms with van der Waals surface area (Å²) in [6.07, 6.45) is 1.44. The summed E-state index contributed by atoms with van der Waals surface area (Å²) < 4.78 is 30.2. The van der Waals surface area contributed by atoms with Crippen LogP contribution in [-0.4, -0.2) is 34.4 Å². The maximum atomic E-state index is 12.4. The summed E-state index contributed by atoms with van der Waals surface area (Å²) in [6, 6.07) is 14.9. The normalized spacial score (nSPS) is 12.1. The molecular weight excluding hydrogens is 314 g/mol. The lowest BCUT2D eigenvalue weighted by Crippen LogP contribution is -2.37. The van der Waals surface area contributed by atoms with Gasteiger partial charge in [0.05, 0.1) is 12.2 Å². The van der Waals surface area contributed by atoms with Gasteiger partial charge in [-0.3, -0.25) is 0 Å². The van der Waals surface area contributed by atoms with Crippen LogP contribution in [0.4, 0.5) is 0 Å². The molecule has 0 aliphatic heterocycles. The van der Waals surface area contributed by atoms with E-state index < -0.39 is 10.2 Å². The zero-order valence-electron chi connectivity index (χ0n) is 12.6. The van der Waals surface area contributed by atoms with Gasteiger partial charge in [0.2, 0.25) is 0 Å². The first kappa shape index (κ1) is 15.6. The van der Waals surface area contributed by atoms with Gasteiger partial charge in [-0.15, -0.1) is 0 Å². The van der Waals surface area contributed by atoms with Gasteiger partial charge in [-0.25, -0.2) is 9.50 Å². The third-order valence-corrected chi connectivity index (χ3v) is 4.93. The van der Waals surface area contributed by atoms with Gasteiger partial charge in [0.25, 0.3) is 10.2 Å². The highest BCUT2D eigenvalue weighted by Gasteiger charge is 2.18. The molecule has 0 spiro atoms. The lowest BCUT2D eigenvalue weighted by molar-refractivity contribution is 0.454. The zero-order chi connectivity index (χ0) is 16.3. The average molecular weight is 331 g/mol. The van der Waals surface area contributed by atoms with Crippen molar-refractivity contribution in [1.82, 2.24) is 23.6 Å². The van der Waals surface area contributed by atoms with Crippen LogP contribution in [0.15, 0.2) is 54.9 Å². The van der Waals surface area contributed by atoms with Gasteiger partial charge in [-0.05, 0) is 17.7 Å². The molecular formula is C15H17N5O2S. The van der Waals surface area contributed by atoms with Crippen molar-refractivity contribution in [2.45, 2.75) is 13.1 Å². The minimum absolute atomic E-state index is 0.141. The minimum Gasteiger partial charge on any atom is -0.217 e. The molecule has 0 fully saturated rings. The maximum Gasteiger partial charge on any atom is 0.279 e. The number of hydrogen-bond acceptors (Lipinski definition) is 4. The summed E-state index contributed by atoms with van der Waals surface area (Å²) in [4.78, 5) is 4.08. The molecule has 2 heterocycles. The second kappa shape index (κ2) is 6.45. The van der Waals surface area contributed by atoms with Crippen LogP contribution in [-0.2, 0) is 23.3 Å². The quantitative estimate of drug-likeness (QED) is 0.736. The van der Waals surface area contributed by atoms with Crippen LogP contribution in [0.1, 0.15) is 11.3 Å². The van der Waals surface area contributed by atoms with E-state index in [0.29, 0.717) is 12.2 Å².